The maximum atomic E-state index is 13.0. The van der Waals surface area contributed by atoms with Gasteiger partial charge in [-0.25, -0.2) is 0 Å². The zero-order valence-corrected chi connectivity index (χ0v) is 25.9. The molecule has 13 nitrogen and oxygen atoms in total. The van der Waals surface area contributed by atoms with Gasteiger partial charge in [-0.05, 0) is 57.6 Å². The van der Waals surface area contributed by atoms with E-state index < -0.39 is 0 Å². The Morgan fingerprint density at radius 3 is 2.56 bits per heavy atom. The maximum Gasteiger partial charge on any atom is 0.256 e. The minimum atomic E-state index is -0.370. The lowest BCUT2D eigenvalue weighted by atomic mass is 10.2. The second-order valence-corrected chi connectivity index (χ2v) is 10.2. The molecule has 2 rings (SSSR count). The molecule has 234 valence electrons. The highest BCUT2D eigenvalue weighted by molar-refractivity contribution is 6.20. The van der Waals surface area contributed by atoms with Gasteiger partial charge in [0.05, 0.1) is 30.0 Å². The zero-order valence-electron chi connectivity index (χ0n) is 25.9. The first-order chi connectivity index (χ1) is 20.7. The van der Waals surface area contributed by atoms with E-state index >= 15 is 0 Å². The number of aliphatic imine (C=N–C) groups is 1. The van der Waals surface area contributed by atoms with Crippen molar-refractivity contribution in [2.75, 3.05) is 59.2 Å². The van der Waals surface area contributed by atoms with Crippen LogP contribution in [0.1, 0.15) is 33.1 Å². The van der Waals surface area contributed by atoms with Gasteiger partial charge in [-0.15, -0.1) is 0 Å². The average molecular weight is 595 g/mol. The maximum absolute atomic E-state index is 13.0. The number of amidine groups is 1. The first-order valence-corrected chi connectivity index (χ1v) is 14.5. The molecule has 0 saturated carbocycles. The number of fused-ring (bicyclic) bond motifs is 1. The second kappa shape index (κ2) is 18.8. The van der Waals surface area contributed by atoms with Crippen molar-refractivity contribution in [2.45, 2.75) is 39.3 Å². The number of nitrogens with zero attached hydrogens (tertiary/aromatic N) is 5. The van der Waals surface area contributed by atoms with Crippen molar-refractivity contribution in [3.8, 4) is 0 Å². The summed E-state index contributed by atoms with van der Waals surface area (Å²) in [5.41, 5.74) is 7.81. The van der Waals surface area contributed by atoms with Crippen LogP contribution in [0.4, 0.5) is 5.69 Å². The van der Waals surface area contributed by atoms with Gasteiger partial charge in [0.15, 0.2) is 0 Å². The summed E-state index contributed by atoms with van der Waals surface area (Å²) >= 11 is 0. The van der Waals surface area contributed by atoms with E-state index in [4.69, 9.17) is 5.73 Å². The molecule has 0 aliphatic carbocycles. The number of hydrogen-bond donors (Lipinski definition) is 5. The monoisotopic (exact) mass is 594 g/mol. The fraction of sp³-hybridized carbons (Fsp3) is 0.467. The molecule has 1 aromatic heterocycles. The van der Waals surface area contributed by atoms with E-state index in [-0.39, 0.29) is 36.0 Å². The molecule has 13 heteroatoms. The van der Waals surface area contributed by atoms with E-state index in [9.17, 15) is 14.4 Å². The number of likely N-dealkylation sites (N-methyl/N-ethyl adjacent to an activating group) is 2. The van der Waals surface area contributed by atoms with Crippen molar-refractivity contribution >= 4 is 40.1 Å². The zero-order chi connectivity index (χ0) is 31.6. The molecule has 0 bridgehead atoms. The first-order valence-electron chi connectivity index (χ1n) is 14.5. The highest BCUT2D eigenvalue weighted by Gasteiger charge is 2.19. The highest BCUT2D eigenvalue weighted by Crippen LogP contribution is 2.17. The number of nitrogens with one attached hydrogen (secondary N) is 4. The second-order valence-electron chi connectivity index (χ2n) is 10.2. The SMILES string of the molecule is CCCN=C(NC(CC)Nc1ccc2nnccc2c1)/C(=C\N)C(=O)NCCCNC(=O)CN(C)C(=O)/C=C/CN(C)C. The van der Waals surface area contributed by atoms with Crippen LogP contribution >= 0.6 is 0 Å². The van der Waals surface area contributed by atoms with E-state index in [1.807, 2.05) is 57.1 Å². The summed E-state index contributed by atoms with van der Waals surface area (Å²) in [6.07, 6.45) is 7.87. The summed E-state index contributed by atoms with van der Waals surface area (Å²) in [6, 6.07) is 7.70. The summed E-state index contributed by atoms with van der Waals surface area (Å²) in [6.45, 7) is 5.78. The minimum Gasteiger partial charge on any atom is -0.404 e. The Morgan fingerprint density at radius 1 is 1.09 bits per heavy atom. The molecular formula is C30H46N10O3. The van der Waals surface area contributed by atoms with Gasteiger partial charge in [0.2, 0.25) is 11.8 Å². The Bertz CT molecular complexity index is 1290. The van der Waals surface area contributed by atoms with Crippen molar-refractivity contribution in [1.29, 1.82) is 0 Å². The molecule has 43 heavy (non-hydrogen) atoms. The van der Waals surface area contributed by atoms with Crippen LogP contribution in [0.2, 0.25) is 0 Å². The van der Waals surface area contributed by atoms with Gasteiger partial charge in [0.1, 0.15) is 5.84 Å². The number of hydrogen-bond acceptors (Lipinski definition) is 9. The van der Waals surface area contributed by atoms with Gasteiger partial charge in [0, 0.05) is 56.6 Å². The van der Waals surface area contributed by atoms with Crippen molar-refractivity contribution in [2.24, 2.45) is 10.7 Å². The molecule has 1 heterocycles. The van der Waals surface area contributed by atoms with Crippen LogP contribution in [0.25, 0.3) is 10.9 Å². The molecule has 0 fully saturated rings. The number of anilines is 1. The van der Waals surface area contributed by atoms with Crippen LogP contribution in [0.5, 0.6) is 0 Å². The van der Waals surface area contributed by atoms with Gasteiger partial charge in [-0.3, -0.25) is 19.4 Å². The molecule has 1 atom stereocenters. The average Bonchev–Trinajstić information content (AvgIpc) is 2.99. The van der Waals surface area contributed by atoms with Crippen LogP contribution < -0.4 is 27.0 Å². The van der Waals surface area contributed by atoms with Crippen LogP contribution in [0.3, 0.4) is 0 Å². The van der Waals surface area contributed by atoms with Crippen molar-refractivity contribution in [3.05, 3.63) is 54.4 Å². The summed E-state index contributed by atoms with van der Waals surface area (Å²) in [5, 5.41) is 21.4. The number of benzene rings is 1. The van der Waals surface area contributed by atoms with E-state index in [0.717, 1.165) is 23.0 Å². The molecule has 0 radical (unpaired) electrons. The summed E-state index contributed by atoms with van der Waals surface area (Å²) < 4.78 is 0. The number of amides is 3. The summed E-state index contributed by atoms with van der Waals surface area (Å²) in [7, 11) is 5.38. The van der Waals surface area contributed by atoms with Crippen LogP contribution in [-0.4, -0.2) is 104 Å². The minimum absolute atomic E-state index is 0.0551. The van der Waals surface area contributed by atoms with Crippen molar-refractivity contribution < 1.29 is 14.4 Å². The van der Waals surface area contributed by atoms with Gasteiger partial charge in [-0.2, -0.15) is 10.2 Å². The van der Waals surface area contributed by atoms with Crippen molar-refractivity contribution in [1.82, 2.24) is 35.9 Å². The number of carbonyl (C=O) groups excluding carboxylic acids is 3. The molecule has 6 N–H and O–H groups in total. The molecule has 0 saturated heterocycles. The normalized spacial score (nSPS) is 12.8. The van der Waals surface area contributed by atoms with Gasteiger partial charge >= 0.3 is 0 Å². The first kappa shape index (κ1) is 34.7. The molecule has 2 aromatic rings. The Balaban J connectivity index is 1.87. The predicted molar refractivity (Wildman–Crippen MR) is 171 cm³/mol. The quantitative estimate of drug-likeness (QED) is 0.0594. The molecule has 1 unspecified atom stereocenters. The summed E-state index contributed by atoms with van der Waals surface area (Å²) in [4.78, 5) is 45.2. The third-order valence-corrected chi connectivity index (χ3v) is 6.18. The van der Waals surface area contributed by atoms with Crippen LogP contribution in [0, 0.1) is 0 Å². The Morgan fingerprint density at radius 2 is 1.86 bits per heavy atom. The standard InChI is InChI=1S/C30H46N10O3/c1-6-14-33-29(37-26(7-2)36-23-11-12-25-22(19-23)13-17-35-38-25)24(20-31)30(43)34-16-9-15-32-27(41)21-40(5)28(42)10-8-18-39(3)4/h8,10-13,17,19-20,26,36H,6-7,9,14-16,18,21,31H2,1-5H3,(H,32,41)(H,33,37)(H,34,43)/b10-8+,24-20+. The van der Waals surface area contributed by atoms with Crippen LogP contribution in [-0.2, 0) is 14.4 Å². The number of rotatable bonds is 17. The third-order valence-electron chi connectivity index (χ3n) is 6.18. The molecule has 3 amide bonds. The molecule has 0 aliphatic rings. The number of nitrogens with two attached hydrogens (primary N) is 1. The Hall–Kier alpha value is -4.52. The van der Waals surface area contributed by atoms with Gasteiger partial charge in [-0.1, -0.05) is 19.9 Å². The third kappa shape index (κ3) is 12.5. The Kier molecular flexibility index (Phi) is 15.2. The van der Waals surface area contributed by atoms with Crippen LogP contribution in [0.15, 0.2) is 59.4 Å². The fourth-order valence-electron chi connectivity index (χ4n) is 3.83. The summed E-state index contributed by atoms with van der Waals surface area (Å²) in [5.74, 6) is -0.493. The molecule has 0 aliphatic heterocycles. The lowest BCUT2D eigenvalue weighted by molar-refractivity contribution is -0.131. The largest absolute Gasteiger partial charge is 0.404 e. The highest BCUT2D eigenvalue weighted by atomic mass is 16.2. The van der Waals surface area contributed by atoms with E-state index in [0.29, 0.717) is 44.9 Å². The topological polar surface area (TPSA) is 170 Å². The smallest absolute Gasteiger partial charge is 0.256 e. The molecular weight excluding hydrogens is 548 g/mol. The van der Waals surface area contributed by atoms with Gasteiger partial charge < -0.3 is 36.8 Å². The molecule has 1 aromatic carbocycles. The predicted octanol–water partition coefficient (Wildman–Crippen LogP) is 1.22. The molecule has 0 spiro atoms. The number of aromatic nitrogens is 2. The fourth-order valence-corrected chi connectivity index (χ4v) is 3.83. The van der Waals surface area contributed by atoms with Crippen molar-refractivity contribution in [3.63, 3.8) is 0 Å². The van der Waals surface area contributed by atoms with E-state index in [1.54, 1.807) is 19.3 Å². The van der Waals surface area contributed by atoms with E-state index in [2.05, 4.69) is 36.5 Å². The number of carbonyl (C=O) groups is 3. The van der Waals surface area contributed by atoms with E-state index in [1.165, 1.54) is 17.2 Å². The van der Waals surface area contributed by atoms with Gasteiger partial charge in [0.25, 0.3) is 5.91 Å². The lowest BCUT2D eigenvalue weighted by Crippen LogP contribution is -2.44. The lowest BCUT2D eigenvalue weighted by Gasteiger charge is -2.23. The Labute approximate surface area is 254 Å².